The molecule has 0 aliphatic rings. The zero-order valence-corrected chi connectivity index (χ0v) is 12.0. The molecule has 0 aromatic heterocycles. The molecule has 2 rings (SSSR count). The summed E-state index contributed by atoms with van der Waals surface area (Å²) in [6.45, 7) is 1.66. The zero-order valence-electron chi connectivity index (χ0n) is 12.0. The summed E-state index contributed by atoms with van der Waals surface area (Å²) < 4.78 is 0. The molecule has 2 aromatic carbocycles. The Labute approximate surface area is 124 Å². The molecule has 1 N–H and O–H groups in total. The number of carboxylic acid groups (broad SMARTS) is 1. The fourth-order valence-corrected chi connectivity index (χ4v) is 2.22. The van der Waals surface area contributed by atoms with Crippen molar-refractivity contribution >= 4 is 11.8 Å². The van der Waals surface area contributed by atoms with E-state index >= 15 is 0 Å². The van der Waals surface area contributed by atoms with Gasteiger partial charge in [-0.1, -0.05) is 61.5 Å². The lowest BCUT2D eigenvalue weighted by Gasteiger charge is -2.08. The summed E-state index contributed by atoms with van der Waals surface area (Å²) in [5.41, 5.74) is 3.42. The fourth-order valence-electron chi connectivity index (χ4n) is 2.22. The predicted octanol–water partition coefficient (Wildman–Crippen LogP) is 3.58. The van der Waals surface area contributed by atoms with Crippen LogP contribution in [0.15, 0.2) is 54.6 Å². The zero-order chi connectivity index (χ0) is 15.2. The van der Waals surface area contributed by atoms with Gasteiger partial charge in [0.1, 0.15) is 0 Å². The van der Waals surface area contributed by atoms with Crippen LogP contribution in [0.1, 0.15) is 18.9 Å². The predicted molar refractivity (Wildman–Crippen MR) is 82.0 cm³/mol. The third kappa shape index (κ3) is 4.02. The molecule has 0 bridgehead atoms. The highest BCUT2D eigenvalue weighted by Gasteiger charge is 2.19. The summed E-state index contributed by atoms with van der Waals surface area (Å²) in [6.07, 6.45) is 1.26. The molecule has 0 heterocycles. The smallest absolute Gasteiger partial charge is 0.372 e. The van der Waals surface area contributed by atoms with Gasteiger partial charge in [0.2, 0.25) is 5.78 Å². The SMILES string of the molecule is C[C@H](CCc1ccc(-c2ccccc2)cc1)C(=O)C(=O)O. The summed E-state index contributed by atoms with van der Waals surface area (Å²) >= 11 is 0. The molecule has 0 unspecified atom stereocenters. The third-order valence-electron chi connectivity index (χ3n) is 3.59. The summed E-state index contributed by atoms with van der Waals surface area (Å²) in [4.78, 5) is 21.9. The lowest BCUT2D eigenvalue weighted by atomic mass is 9.96. The van der Waals surface area contributed by atoms with Crippen molar-refractivity contribution in [1.29, 1.82) is 0 Å². The number of Topliss-reactive ketones (excluding diaryl/α,β-unsaturated/α-hetero) is 1. The quantitative estimate of drug-likeness (QED) is 0.824. The van der Waals surface area contributed by atoms with Gasteiger partial charge < -0.3 is 5.11 Å². The van der Waals surface area contributed by atoms with Crippen molar-refractivity contribution < 1.29 is 14.7 Å². The van der Waals surface area contributed by atoms with Gasteiger partial charge in [0.25, 0.3) is 0 Å². The first-order chi connectivity index (χ1) is 10.1. The van der Waals surface area contributed by atoms with Crippen molar-refractivity contribution in [2.45, 2.75) is 19.8 Å². The number of ketones is 1. The number of rotatable bonds is 6. The molecular formula is C18H18O3. The highest BCUT2D eigenvalue weighted by atomic mass is 16.4. The number of carbonyl (C=O) groups is 2. The number of aliphatic carboxylic acids is 1. The Hall–Kier alpha value is -2.42. The topological polar surface area (TPSA) is 54.4 Å². The molecule has 0 fully saturated rings. The van der Waals surface area contributed by atoms with Crippen LogP contribution in [-0.2, 0) is 16.0 Å². The summed E-state index contributed by atoms with van der Waals surface area (Å²) in [5.74, 6) is -2.51. The maximum atomic E-state index is 11.3. The van der Waals surface area contributed by atoms with Gasteiger partial charge in [-0.05, 0) is 29.5 Å². The number of carboxylic acids is 1. The molecule has 0 spiro atoms. The Morgan fingerprint density at radius 2 is 1.52 bits per heavy atom. The van der Waals surface area contributed by atoms with E-state index in [1.165, 1.54) is 5.56 Å². The summed E-state index contributed by atoms with van der Waals surface area (Å²) in [6, 6.07) is 18.3. The van der Waals surface area contributed by atoms with Gasteiger partial charge in [-0.15, -0.1) is 0 Å². The van der Waals surface area contributed by atoms with Crippen LogP contribution in [0.4, 0.5) is 0 Å². The van der Waals surface area contributed by atoms with E-state index < -0.39 is 17.7 Å². The minimum Gasteiger partial charge on any atom is -0.475 e. The van der Waals surface area contributed by atoms with Crippen LogP contribution in [0, 0.1) is 5.92 Å². The van der Waals surface area contributed by atoms with Crippen molar-refractivity contribution in [2.75, 3.05) is 0 Å². The summed E-state index contributed by atoms with van der Waals surface area (Å²) in [7, 11) is 0. The number of carbonyl (C=O) groups excluding carboxylic acids is 1. The van der Waals surface area contributed by atoms with Crippen LogP contribution < -0.4 is 0 Å². The van der Waals surface area contributed by atoms with Crippen LogP contribution in [0.25, 0.3) is 11.1 Å². The number of hydrogen-bond acceptors (Lipinski definition) is 2. The molecule has 0 saturated heterocycles. The first kappa shape index (κ1) is 15.0. The van der Waals surface area contributed by atoms with Gasteiger partial charge in [-0.3, -0.25) is 4.79 Å². The number of aryl methyl sites for hydroxylation is 1. The van der Waals surface area contributed by atoms with Crippen molar-refractivity contribution in [3.05, 3.63) is 60.2 Å². The van der Waals surface area contributed by atoms with E-state index in [-0.39, 0.29) is 0 Å². The number of hydrogen-bond donors (Lipinski definition) is 1. The Kier molecular flexibility index (Phi) is 4.88. The molecule has 21 heavy (non-hydrogen) atoms. The lowest BCUT2D eigenvalue weighted by Crippen LogP contribution is -2.21. The van der Waals surface area contributed by atoms with Crippen molar-refractivity contribution in [3.8, 4) is 11.1 Å². The van der Waals surface area contributed by atoms with Gasteiger partial charge >= 0.3 is 5.97 Å². The molecule has 1 atom stereocenters. The lowest BCUT2D eigenvalue weighted by molar-refractivity contribution is -0.150. The molecule has 0 amide bonds. The molecule has 3 heteroatoms. The van der Waals surface area contributed by atoms with Crippen molar-refractivity contribution in [1.82, 2.24) is 0 Å². The Balaban J connectivity index is 1.97. The molecule has 3 nitrogen and oxygen atoms in total. The first-order valence-corrected chi connectivity index (χ1v) is 6.99. The molecule has 0 radical (unpaired) electrons. The van der Waals surface area contributed by atoms with Gasteiger partial charge in [0.15, 0.2) is 0 Å². The van der Waals surface area contributed by atoms with E-state index in [2.05, 4.69) is 12.1 Å². The molecular weight excluding hydrogens is 264 g/mol. The number of benzene rings is 2. The Morgan fingerprint density at radius 3 is 2.10 bits per heavy atom. The van der Waals surface area contributed by atoms with E-state index in [1.807, 2.05) is 42.5 Å². The van der Waals surface area contributed by atoms with Crippen LogP contribution in [0.2, 0.25) is 0 Å². The third-order valence-corrected chi connectivity index (χ3v) is 3.59. The minimum absolute atomic E-state index is 0.448. The molecule has 108 valence electrons. The molecule has 0 aliphatic heterocycles. The summed E-state index contributed by atoms with van der Waals surface area (Å²) in [5, 5.41) is 8.66. The standard InChI is InChI=1S/C18H18O3/c1-13(17(19)18(20)21)7-8-14-9-11-16(12-10-14)15-5-3-2-4-6-15/h2-6,9-13H,7-8H2,1H3,(H,20,21)/t13-/m1/s1. The fraction of sp³-hybridized carbons (Fsp3) is 0.222. The van der Waals surface area contributed by atoms with E-state index in [0.717, 1.165) is 11.1 Å². The highest BCUT2D eigenvalue weighted by Crippen LogP contribution is 2.20. The van der Waals surface area contributed by atoms with Crippen LogP contribution >= 0.6 is 0 Å². The molecule has 2 aromatic rings. The molecule has 0 saturated carbocycles. The van der Waals surface area contributed by atoms with Gasteiger partial charge in [-0.25, -0.2) is 4.79 Å². The monoisotopic (exact) mass is 282 g/mol. The molecule has 0 aliphatic carbocycles. The minimum atomic E-state index is -1.35. The Bertz CT molecular complexity index is 615. The van der Waals surface area contributed by atoms with Crippen LogP contribution in [0.5, 0.6) is 0 Å². The maximum Gasteiger partial charge on any atom is 0.372 e. The largest absolute Gasteiger partial charge is 0.475 e. The normalized spacial score (nSPS) is 11.9. The second kappa shape index (κ2) is 6.84. The van der Waals surface area contributed by atoms with E-state index in [0.29, 0.717) is 12.8 Å². The van der Waals surface area contributed by atoms with E-state index in [4.69, 9.17) is 5.11 Å². The van der Waals surface area contributed by atoms with E-state index in [1.54, 1.807) is 6.92 Å². The highest BCUT2D eigenvalue weighted by molar-refractivity contribution is 6.33. The first-order valence-electron chi connectivity index (χ1n) is 6.99. The van der Waals surface area contributed by atoms with E-state index in [9.17, 15) is 9.59 Å². The van der Waals surface area contributed by atoms with Gasteiger partial charge in [-0.2, -0.15) is 0 Å². The second-order valence-electron chi connectivity index (χ2n) is 5.17. The van der Waals surface area contributed by atoms with Crippen molar-refractivity contribution in [3.63, 3.8) is 0 Å². The second-order valence-corrected chi connectivity index (χ2v) is 5.17. The van der Waals surface area contributed by atoms with Gasteiger partial charge in [0, 0.05) is 5.92 Å². The maximum absolute atomic E-state index is 11.3. The van der Waals surface area contributed by atoms with Crippen LogP contribution in [0.3, 0.4) is 0 Å². The Morgan fingerprint density at radius 1 is 0.952 bits per heavy atom. The van der Waals surface area contributed by atoms with Crippen molar-refractivity contribution in [2.24, 2.45) is 5.92 Å². The average molecular weight is 282 g/mol. The van der Waals surface area contributed by atoms with Gasteiger partial charge in [0.05, 0.1) is 0 Å². The average Bonchev–Trinajstić information content (AvgIpc) is 2.53. The van der Waals surface area contributed by atoms with Crippen LogP contribution in [-0.4, -0.2) is 16.9 Å².